The van der Waals surface area contributed by atoms with Crippen molar-refractivity contribution in [1.29, 1.82) is 0 Å². The highest BCUT2D eigenvalue weighted by molar-refractivity contribution is 5.47. The van der Waals surface area contributed by atoms with Gasteiger partial charge < -0.3 is 4.89 Å². The largest absolute Gasteiger partial charge is 0.340 e. The van der Waals surface area contributed by atoms with Crippen molar-refractivity contribution in [2.75, 3.05) is 0 Å². The molecule has 0 heterocycles. The summed E-state index contributed by atoms with van der Waals surface area (Å²) in [5, 5.41) is 9.05. The van der Waals surface area contributed by atoms with E-state index in [1.165, 1.54) is 43.2 Å². The first-order valence-electron chi connectivity index (χ1n) is 6.15. The standard InChI is InChI=1S/C14H20O2/c1-10-8-9-11(2)14(16-15)13(10)12-6-4-3-5-7-12/h8-9,12,15H,3-7H2,1-2H3. The molecule has 1 fully saturated rings. The number of hydrogen-bond donors (Lipinski definition) is 1. The molecule has 0 bridgehead atoms. The summed E-state index contributed by atoms with van der Waals surface area (Å²) < 4.78 is 0. The Kier molecular flexibility index (Phi) is 3.49. The van der Waals surface area contributed by atoms with Crippen LogP contribution in [0, 0.1) is 13.8 Å². The molecule has 0 aromatic heterocycles. The van der Waals surface area contributed by atoms with Crippen molar-refractivity contribution >= 4 is 0 Å². The zero-order valence-corrected chi connectivity index (χ0v) is 10.1. The van der Waals surface area contributed by atoms with Crippen LogP contribution in [0.5, 0.6) is 5.75 Å². The van der Waals surface area contributed by atoms with E-state index in [4.69, 9.17) is 5.26 Å². The predicted molar refractivity (Wildman–Crippen MR) is 65.0 cm³/mol. The molecular formula is C14H20O2. The number of benzene rings is 1. The molecule has 1 aromatic rings. The van der Waals surface area contributed by atoms with Gasteiger partial charge in [0.15, 0.2) is 5.75 Å². The molecule has 88 valence electrons. The van der Waals surface area contributed by atoms with Crippen LogP contribution in [-0.2, 0) is 0 Å². The highest BCUT2D eigenvalue weighted by Crippen LogP contribution is 2.40. The van der Waals surface area contributed by atoms with E-state index < -0.39 is 0 Å². The van der Waals surface area contributed by atoms with Crippen LogP contribution in [0.3, 0.4) is 0 Å². The Hall–Kier alpha value is -1.02. The summed E-state index contributed by atoms with van der Waals surface area (Å²) in [6.07, 6.45) is 6.38. The lowest BCUT2D eigenvalue weighted by Crippen LogP contribution is -2.09. The van der Waals surface area contributed by atoms with Crippen molar-refractivity contribution in [2.24, 2.45) is 0 Å². The molecule has 0 saturated heterocycles. The second kappa shape index (κ2) is 4.88. The minimum atomic E-state index is 0.566. The van der Waals surface area contributed by atoms with E-state index in [0.717, 1.165) is 5.56 Å². The van der Waals surface area contributed by atoms with E-state index in [2.05, 4.69) is 17.9 Å². The van der Waals surface area contributed by atoms with E-state index in [1.54, 1.807) is 0 Å². The molecule has 0 unspecified atom stereocenters. The molecule has 0 aliphatic heterocycles. The summed E-state index contributed by atoms with van der Waals surface area (Å²) in [6.45, 7) is 4.09. The van der Waals surface area contributed by atoms with Gasteiger partial charge in [-0.15, -0.1) is 0 Å². The highest BCUT2D eigenvalue weighted by Gasteiger charge is 2.22. The van der Waals surface area contributed by atoms with Gasteiger partial charge >= 0.3 is 0 Å². The third kappa shape index (κ3) is 2.07. The molecule has 2 heteroatoms. The average molecular weight is 220 g/mol. The maximum atomic E-state index is 9.05. The van der Waals surface area contributed by atoms with Gasteiger partial charge in [-0.2, -0.15) is 0 Å². The monoisotopic (exact) mass is 220 g/mol. The maximum Gasteiger partial charge on any atom is 0.171 e. The van der Waals surface area contributed by atoms with E-state index >= 15 is 0 Å². The Morgan fingerprint density at radius 2 is 1.69 bits per heavy atom. The molecule has 1 aliphatic rings. The van der Waals surface area contributed by atoms with Gasteiger partial charge in [-0.3, -0.25) is 0 Å². The first-order valence-corrected chi connectivity index (χ1v) is 6.15. The van der Waals surface area contributed by atoms with E-state index in [-0.39, 0.29) is 0 Å². The van der Waals surface area contributed by atoms with Gasteiger partial charge in [0.2, 0.25) is 0 Å². The van der Waals surface area contributed by atoms with E-state index in [1.807, 2.05) is 13.0 Å². The number of aryl methyl sites for hydroxylation is 2. The smallest absolute Gasteiger partial charge is 0.171 e. The minimum absolute atomic E-state index is 0.566. The first kappa shape index (κ1) is 11.5. The van der Waals surface area contributed by atoms with Gasteiger partial charge in [0, 0.05) is 5.56 Å². The van der Waals surface area contributed by atoms with Crippen molar-refractivity contribution in [2.45, 2.75) is 51.9 Å². The lowest BCUT2D eigenvalue weighted by atomic mass is 9.81. The summed E-state index contributed by atoms with van der Waals surface area (Å²) in [5.74, 6) is 1.25. The van der Waals surface area contributed by atoms with Gasteiger partial charge in [0.05, 0.1) is 0 Å². The summed E-state index contributed by atoms with van der Waals surface area (Å²) >= 11 is 0. The van der Waals surface area contributed by atoms with Crippen LogP contribution in [0.4, 0.5) is 0 Å². The molecular weight excluding hydrogens is 200 g/mol. The summed E-state index contributed by atoms with van der Waals surface area (Å²) in [4.78, 5) is 4.61. The fourth-order valence-corrected chi connectivity index (χ4v) is 2.83. The predicted octanol–water partition coefficient (Wildman–Crippen LogP) is 4.20. The summed E-state index contributed by atoms with van der Waals surface area (Å²) in [5.41, 5.74) is 3.48. The molecule has 0 atom stereocenters. The average Bonchev–Trinajstić information content (AvgIpc) is 2.33. The Balaban J connectivity index is 2.40. The Bertz CT molecular complexity index is 365. The summed E-state index contributed by atoms with van der Waals surface area (Å²) in [7, 11) is 0. The van der Waals surface area contributed by atoms with Gasteiger partial charge in [-0.25, -0.2) is 5.26 Å². The zero-order valence-electron chi connectivity index (χ0n) is 10.1. The lowest BCUT2D eigenvalue weighted by Gasteiger charge is -2.25. The van der Waals surface area contributed by atoms with Gasteiger partial charge in [-0.05, 0) is 43.7 Å². The highest BCUT2D eigenvalue weighted by atomic mass is 17.1. The molecule has 2 rings (SSSR count). The Morgan fingerprint density at radius 1 is 1.06 bits per heavy atom. The van der Waals surface area contributed by atoms with Crippen LogP contribution in [0.25, 0.3) is 0 Å². The van der Waals surface area contributed by atoms with Gasteiger partial charge in [0.1, 0.15) is 0 Å². The minimum Gasteiger partial charge on any atom is -0.340 e. The van der Waals surface area contributed by atoms with Crippen LogP contribution < -0.4 is 4.89 Å². The van der Waals surface area contributed by atoms with Crippen molar-refractivity contribution in [1.82, 2.24) is 0 Å². The van der Waals surface area contributed by atoms with Crippen LogP contribution in [-0.4, -0.2) is 5.26 Å². The van der Waals surface area contributed by atoms with Crippen molar-refractivity contribution in [3.8, 4) is 5.75 Å². The quantitative estimate of drug-likeness (QED) is 0.597. The number of hydrogen-bond acceptors (Lipinski definition) is 2. The Labute approximate surface area is 97.2 Å². The van der Waals surface area contributed by atoms with Crippen molar-refractivity contribution in [3.63, 3.8) is 0 Å². The van der Waals surface area contributed by atoms with Gasteiger partial charge in [0.25, 0.3) is 0 Å². The van der Waals surface area contributed by atoms with Crippen LogP contribution in [0.2, 0.25) is 0 Å². The first-order chi connectivity index (χ1) is 7.74. The fourth-order valence-electron chi connectivity index (χ4n) is 2.83. The molecule has 1 N–H and O–H groups in total. The lowest BCUT2D eigenvalue weighted by molar-refractivity contribution is -0.139. The number of rotatable bonds is 2. The third-order valence-corrected chi connectivity index (χ3v) is 3.72. The molecule has 16 heavy (non-hydrogen) atoms. The van der Waals surface area contributed by atoms with Crippen LogP contribution >= 0.6 is 0 Å². The second-order valence-electron chi connectivity index (χ2n) is 4.87. The molecule has 1 saturated carbocycles. The van der Waals surface area contributed by atoms with Crippen molar-refractivity contribution < 1.29 is 10.1 Å². The molecule has 1 aromatic carbocycles. The zero-order chi connectivity index (χ0) is 11.5. The Morgan fingerprint density at radius 3 is 2.31 bits per heavy atom. The molecule has 0 amide bonds. The van der Waals surface area contributed by atoms with Gasteiger partial charge in [-0.1, -0.05) is 31.4 Å². The summed E-state index contributed by atoms with van der Waals surface area (Å²) in [6, 6.07) is 4.13. The normalized spacial score (nSPS) is 17.4. The molecule has 1 aliphatic carbocycles. The maximum absolute atomic E-state index is 9.05. The molecule has 2 nitrogen and oxygen atoms in total. The van der Waals surface area contributed by atoms with Crippen LogP contribution in [0.1, 0.15) is 54.7 Å². The third-order valence-electron chi connectivity index (χ3n) is 3.72. The fraction of sp³-hybridized carbons (Fsp3) is 0.571. The molecule has 0 radical (unpaired) electrons. The van der Waals surface area contributed by atoms with E-state index in [0.29, 0.717) is 11.7 Å². The topological polar surface area (TPSA) is 29.5 Å². The van der Waals surface area contributed by atoms with E-state index in [9.17, 15) is 0 Å². The molecule has 0 spiro atoms. The SMILES string of the molecule is Cc1ccc(C)c(C2CCCCC2)c1OO. The second-order valence-corrected chi connectivity index (χ2v) is 4.87. The van der Waals surface area contributed by atoms with Crippen molar-refractivity contribution in [3.05, 3.63) is 28.8 Å². The van der Waals surface area contributed by atoms with Crippen LogP contribution in [0.15, 0.2) is 12.1 Å².